The Morgan fingerprint density at radius 1 is 0.816 bits per heavy atom. The number of anilines is 2. The van der Waals surface area contributed by atoms with Gasteiger partial charge >= 0.3 is 6.18 Å². The summed E-state index contributed by atoms with van der Waals surface area (Å²) in [4.78, 5) is 12.6. The zero-order valence-corrected chi connectivity index (χ0v) is 20.3. The number of alkyl halides is 3. The van der Waals surface area contributed by atoms with E-state index in [2.05, 4.69) is 10.0 Å². The van der Waals surface area contributed by atoms with Gasteiger partial charge in [-0.1, -0.05) is 30.3 Å². The Kier molecular flexibility index (Phi) is 6.41. The lowest BCUT2D eigenvalue weighted by Gasteiger charge is -2.11. The molecule has 2 N–H and O–H groups in total. The van der Waals surface area contributed by atoms with E-state index in [-0.39, 0.29) is 16.2 Å². The predicted octanol–water partition coefficient (Wildman–Crippen LogP) is 6.79. The van der Waals surface area contributed by atoms with Crippen LogP contribution in [0.5, 0.6) is 11.5 Å². The summed E-state index contributed by atoms with van der Waals surface area (Å²) < 4.78 is 72.5. The zero-order valence-electron chi connectivity index (χ0n) is 19.5. The van der Waals surface area contributed by atoms with Gasteiger partial charge in [0.15, 0.2) is 0 Å². The van der Waals surface area contributed by atoms with Crippen molar-refractivity contribution in [3.05, 3.63) is 114 Å². The smallest absolute Gasteiger partial charge is 0.416 e. The summed E-state index contributed by atoms with van der Waals surface area (Å²) in [5, 5.41) is 2.71. The Balaban J connectivity index is 1.42. The van der Waals surface area contributed by atoms with Crippen LogP contribution >= 0.6 is 0 Å². The first-order chi connectivity index (χ1) is 18.1. The molecule has 0 spiro atoms. The number of hydrogen-bond donors (Lipinski definition) is 2. The summed E-state index contributed by atoms with van der Waals surface area (Å²) in [6.45, 7) is 0. The van der Waals surface area contributed by atoms with Crippen LogP contribution in [0.25, 0.3) is 11.6 Å². The molecule has 10 heteroatoms. The van der Waals surface area contributed by atoms with Crippen molar-refractivity contribution in [2.24, 2.45) is 0 Å². The molecule has 0 fully saturated rings. The zero-order chi connectivity index (χ0) is 26.9. The highest BCUT2D eigenvalue weighted by Gasteiger charge is 2.30. The number of para-hydroxylation sites is 1. The van der Waals surface area contributed by atoms with Gasteiger partial charge in [-0.15, -0.1) is 0 Å². The highest BCUT2D eigenvalue weighted by Crippen LogP contribution is 2.36. The van der Waals surface area contributed by atoms with Crippen LogP contribution in [0.4, 0.5) is 24.5 Å². The number of fused-ring (bicyclic) bond motifs is 1. The average molecular weight is 537 g/mol. The molecule has 0 unspecified atom stereocenters. The third kappa shape index (κ3) is 5.40. The van der Waals surface area contributed by atoms with Crippen LogP contribution in [0.3, 0.4) is 0 Å². The third-order valence-corrected chi connectivity index (χ3v) is 7.08. The molecule has 6 nitrogen and oxygen atoms in total. The number of hydrogen-bond acceptors (Lipinski definition) is 4. The number of rotatable bonds is 6. The fourth-order valence-corrected chi connectivity index (χ4v) is 4.96. The van der Waals surface area contributed by atoms with Gasteiger partial charge in [0.25, 0.3) is 15.9 Å². The largest absolute Gasteiger partial charge is 0.457 e. The molecule has 1 amide bonds. The Morgan fingerprint density at radius 2 is 1.53 bits per heavy atom. The van der Waals surface area contributed by atoms with Gasteiger partial charge in [0.05, 0.1) is 10.5 Å². The number of amides is 1. The normalized spacial score (nSPS) is 14.2. The fourth-order valence-electron chi connectivity index (χ4n) is 3.88. The van der Waals surface area contributed by atoms with Crippen molar-refractivity contribution in [3.8, 4) is 11.5 Å². The van der Waals surface area contributed by atoms with Crippen LogP contribution in [0.15, 0.2) is 102 Å². The Hall–Kier alpha value is -4.57. The van der Waals surface area contributed by atoms with E-state index < -0.39 is 27.7 Å². The van der Waals surface area contributed by atoms with Crippen LogP contribution in [0.1, 0.15) is 16.7 Å². The minimum absolute atomic E-state index is 0.0290. The van der Waals surface area contributed by atoms with Gasteiger partial charge in [0.1, 0.15) is 11.5 Å². The Bertz CT molecular complexity index is 1650. The number of benzene rings is 4. The van der Waals surface area contributed by atoms with Crippen LogP contribution < -0.4 is 14.8 Å². The second-order valence-electron chi connectivity index (χ2n) is 8.39. The standard InChI is InChI=1S/C28H19F3N2O4S/c29-28(30,31)19-9-11-20(12-10-19)33-38(35,36)23-13-14-26-24(17-23)25(27(34)32-26)16-18-5-4-8-22(15-18)37-21-6-2-1-3-7-21/h1-17,33H,(H,32,34). The second-order valence-corrected chi connectivity index (χ2v) is 10.1. The van der Waals surface area contributed by atoms with E-state index in [0.717, 1.165) is 24.3 Å². The topological polar surface area (TPSA) is 84.5 Å². The number of halogens is 3. The molecule has 0 aliphatic carbocycles. The summed E-state index contributed by atoms with van der Waals surface area (Å²) in [7, 11) is -4.16. The molecular formula is C28H19F3N2O4S. The molecule has 0 saturated heterocycles. The highest BCUT2D eigenvalue weighted by molar-refractivity contribution is 7.92. The van der Waals surface area contributed by atoms with Crippen molar-refractivity contribution in [1.82, 2.24) is 0 Å². The van der Waals surface area contributed by atoms with Crippen molar-refractivity contribution in [1.29, 1.82) is 0 Å². The summed E-state index contributed by atoms with van der Waals surface area (Å²) in [5.74, 6) is 0.803. The Morgan fingerprint density at radius 3 is 2.24 bits per heavy atom. The number of ether oxygens (including phenoxy) is 1. The summed E-state index contributed by atoms with van der Waals surface area (Å²) in [6, 6.07) is 24.0. The van der Waals surface area contributed by atoms with Gasteiger partial charge in [-0.25, -0.2) is 8.42 Å². The van der Waals surface area contributed by atoms with Crippen molar-refractivity contribution < 1.29 is 31.1 Å². The van der Waals surface area contributed by atoms with Gasteiger partial charge in [-0.05, 0) is 78.4 Å². The first kappa shape index (κ1) is 25.1. The lowest BCUT2D eigenvalue weighted by molar-refractivity contribution is -0.137. The molecule has 0 aromatic heterocycles. The third-order valence-electron chi connectivity index (χ3n) is 5.70. The number of carbonyl (C=O) groups excluding carboxylic acids is 1. The maximum atomic E-state index is 13.0. The molecule has 0 bridgehead atoms. The van der Waals surface area contributed by atoms with E-state index in [1.54, 1.807) is 30.3 Å². The number of sulfonamides is 1. The summed E-state index contributed by atoms with van der Waals surface area (Å²) in [6.07, 6.45) is -2.91. The molecule has 0 atom stereocenters. The lowest BCUT2D eigenvalue weighted by atomic mass is 10.0. The number of nitrogens with one attached hydrogen (secondary N) is 2. The van der Waals surface area contributed by atoms with E-state index in [1.807, 2.05) is 30.3 Å². The molecule has 192 valence electrons. The molecule has 38 heavy (non-hydrogen) atoms. The molecule has 1 aliphatic heterocycles. The fraction of sp³-hybridized carbons (Fsp3) is 0.0357. The van der Waals surface area contributed by atoms with E-state index >= 15 is 0 Å². The van der Waals surface area contributed by atoms with E-state index in [9.17, 15) is 26.4 Å². The van der Waals surface area contributed by atoms with Crippen molar-refractivity contribution in [2.75, 3.05) is 10.0 Å². The van der Waals surface area contributed by atoms with Gasteiger partial charge in [0, 0.05) is 22.5 Å². The summed E-state index contributed by atoms with van der Waals surface area (Å²) >= 11 is 0. The van der Waals surface area contributed by atoms with E-state index in [4.69, 9.17) is 4.74 Å². The van der Waals surface area contributed by atoms with Crippen LogP contribution in [0.2, 0.25) is 0 Å². The van der Waals surface area contributed by atoms with Crippen LogP contribution in [-0.2, 0) is 21.0 Å². The second kappa shape index (κ2) is 9.71. The highest BCUT2D eigenvalue weighted by atomic mass is 32.2. The Labute approximate surface area is 216 Å². The van der Waals surface area contributed by atoms with Gasteiger partial charge in [0.2, 0.25) is 0 Å². The van der Waals surface area contributed by atoms with Crippen molar-refractivity contribution >= 4 is 39.0 Å². The lowest BCUT2D eigenvalue weighted by Crippen LogP contribution is -2.13. The molecule has 0 radical (unpaired) electrons. The maximum Gasteiger partial charge on any atom is 0.416 e. The first-order valence-electron chi connectivity index (χ1n) is 11.3. The van der Waals surface area contributed by atoms with Gasteiger partial charge in [-0.2, -0.15) is 13.2 Å². The number of carbonyl (C=O) groups is 1. The molecule has 1 heterocycles. The minimum Gasteiger partial charge on any atom is -0.457 e. The van der Waals surface area contributed by atoms with Gasteiger partial charge < -0.3 is 10.1 Å². The summed E-state index contributed by atoms with van der Waals surface area (Å²) in [5.41, 5.74) is 0.802. The van der Waals surface area contributed by atoms with E-state index in [0.29, 0.717) is 28.3 Å². The molecular weight excluding hydrogens is 517 g/mol. The minimum atomic E-state index is -4.53. The molecule has 4 aromatic rings. The molecule has 5 rings (SSSR count). The monoisotopic (exact) mass is 536 g/mol. The first-order valence-corrected chi connectivity index (χ1v) is 12.8. The molecule has 4 aromatic carbocycles. The van der Waals surface area contributed by atoms with E-state index in [1.165, 1.54) is 18.2 Å². The maximum absolute atomic E-state index is 13.0. The predicted molar refractivity (Wildman–Crippen MR) is 138 cm³/mol. The average Bonchev–Trinajstić information content (AvgIpc) is 3.18. The molecule has 0 saturated carbocycles. The van der Waals surface area contributed by atoms with Crippen LogP contribution in [-0.4, -0.2) is 14.3 Å². The quantitative estimate of drug-likeness (QED) is 0.266. The SMILES string of the molecule is O=C1Nc2ccc(S(=O)(=O)Nc3ccc(C(F)(F)F)cc3)cc2C1=Cc1cccc(Oc2ccccc2)c1. The van der Waals surface area contributed by atoms with Gasteiger partial charge in [-0.3, -0.25) is 9.52 Å². The van der Waals surface area contributed by atoms with Crippen LogP contribution in [0, 0.1) is 0 Å². The molecule has 1 aliphatic rings. The van der Waals surface area contributed by atoms with Crippen molar-refractivity contribution in [3.63, 3.8) is 0 Å². The van der Waals surface area contributed by atoms with Crippen molar-refractivity contribution in [2.45, 2.75) is 11.1 Å².